The number of nitrogens with zero attached hydrogens (tertiary/aromatic N) is 3. The third-order valence-electron chi connectivity index (χ3n) is 2.45. The zero-order valence-corrected chi connectivity index (χ0v) is 9.13. The predicted octanol–water partition coefficient (Wildman–Crippen LogP) is 2.48. The van der Waals surface area contributed by atoms with Gasteiger partial charge in [-0.25, -0.2) is 9.07 Å². The lowest BCUT2D eigenvalue weighted by molar-refractivity contribution is -0.385. The van der Waals surface area contributed by atoms with E-state index in [2.05, 4.69) is 5.10 Å². The minimum absolute atomic E-state index is 0.0168. The molecule has 0 unspecified atom stereocenters. The Morgan fingerprint density at radius 1 is 1.41 bits per heavy atom. The molecule has 0 N–H and O–H groups in total. The third-order valence-corrected chi connectivity index (χ3v) is 2.45. The third kappa shape index (κ3) is 2.01. The van der Waals surface area contributed by atoms with E-state index in [-0.39, 0.29) is 11.5 Å². The fourth-order valence-corrected chi connectivity index (χ4v) is 1.65. The molecule has 0 atom stereocenters. The Morgan fingerprint density at radius 3 is 2.59 bits per heavy atom. The number of nitro groups is 1. The van der Waals surface area contributed by atoms with Crippen molar-refractivity contribution in [3.05, 3.63) is 52.1 Å². The Hall–Kier alpha value is -2.24. The molecule has 0 bridgehead atoms. The van der Waals surface area contributed by atoms with Crippen LogP contribution in [0.2, 0.25) is 0 Å². The first-order valence-electron chi connectivity index (χ1n) is 5.10. The van der Waals surface area contributed by atoms with E-state index in [0.29, 0.717) is 17.8 Å². The van der Waals surface area contributed by atoms with Gasteiger partial charge < -0.3 is 0 Å². The van der Waals surface area contributed by atoms with Gasteiger partial charge in [0.1, 0.15) is 17.7 Å². The van der Waals surface area contributed by atoms with Gasteiger partial charge in [-0.15, -0.1) is 0 Å². The molecule has 1 aromatic heterocycles. The van der Waals surface area contributed by atoms with Gasteiger partial charge in [0.2, 0.25) is 0 Å². The highest BCUT2D eigenvalue weighted by Gasteiger charge is 2.19. The summed E-state index contributed by atoms with van der Waals surface area (Å²) in [6.45, 7) is 1.81. The zero-order chi connectivity index (χ0) is 12.4. The van der Waals surface area contributed by atoms with E-state index in [4.69, 9.17) is 0 Å². The van der Waals surface area contributed by atoms with Crippen molar-refractivity contribution in [3.63, 3.8) is 0 Å². The molecular weight excluding hydrogens is 225 g/mol. The quantitative estimate of drug-likeness (QED) is 0.606. The minimum Gasteiger partial charge on any atom is -0.258 e. The zero-order valence-electron chi connectivity index (χ0n) is 9.13. The molecule has 0 amide bonds. The van der Waals surface area contributed by atoms with Crippen LogP contribution in [0, 0.1) is 15.9 Å². The smallest absolute Gasteiger partial charge is 0.258 e. The van der Waals surface area contributed by atoms with E-state index >= 15 is 0 Å². The van der Waals surface area contributed by atoms with E-state index in [1.807, 2.05) is 6.92 Å². The number of hydrogen-bond acceptors (Lipinski definition) is 3. The maximum Gasteiger partial charge on any atom is 0.310 e. The molecule has 0 aliphatic heterocycles. The van der Waals surface area contributed by atoms with Crippen LogP contribution < -0.4 is 0 Å². The maximum atomic E-state index is 12.8. The SMILES string of the molecule is CCc1c([N+](=O)[O-])cnn1-c1ccc(F)cc1. The van der Waals surface area contributed by atoms with Crippen LogP contribution in [0.3, 0.4) is 0 Å². The van der Waals surface area contributed by atoms with Crippen LogP contribution in [0.1, 0.15) is 12.6 Å². The van der Waals surface area contributed by atoms with Gasteiger partial charge in [-0.05, 0) is 30.7 Å². The fourth-order valence-electron chi connectivity index (χ4n) is 1.65. The average Bonchev–Trinajstić information content (AvgIpc) is 2.73. The molecule has 0 aliphatic carbocycles. The molecule has 0 saturated heterocycles. The summed E-state index contributed by atoms with van der Waals surface area (Å²) in [7, 11) is 0. The van der Waals surface area contributed by atoms with Gasteiger partial charge in [-0.3, -0.25) is 10.1 Å². The topological polar surface area (TPSA) is 61.0 Å². The summed E-state index contributed by atoms with van der Waals surface area (Å²) in [6.07, 6.45) is 1.69. The van der Waals surface area contributed by atoms with Crippen molar-refractivity contribution in [3.8, 4) is 5.69 Å². The van der Waals surface area contributed by atoms with E-state index in [0.717, 1.165) is 0 Å². The number of hydrogen-bond donors (Lipinski definition) is 0. The van der Waals surface area contributed by atoms with Crippen LogP contribution in [-0.2, 0) is 6.42 Å². The second-order valence-corrected chi connectivity index (χ2v) is 3.48. The summed E-state index contributed by atoms with van der Waals surface area (Å²) in [5.41, 5.74) is 1.09. The highest BCUT2D eigenvalue weighted by Crippen LogP contribution is 2.21. The minimum atomic E-state index is -0.466. The van der Waals surface area contributed by atoms with E-state index in [9.17, 15) is 14.5 Å². The Labute approximate surface area is 96.6 Å². The molecule has 1 heterocycles. The van der Waals surface area contributed by atoms with Crippen molar-refractivity contribution in [1.29, 1.82) is 0 Å². The number of halogens is 1. The number of benzene rings is 1. The Bertz CT molecular complexity index is 548. The molecule has 6 heteroatoms. The molecule has 2 rings (SSSR count). The van der Waals surface area contributed by atoms with Crippen molar-refractivity contribution in [2.75, 3.05) is 0 Å². The number of aromatic nitrogens is 2. The van der Waals surface area contributed by atoms with E-state index in [1.54, 1.807) is 0 Å². The lowest BCUT2D eigenvalue weighted by Crippen LogP contribution is -2.02. The van der Waals surface area contributed by atoms with Crippen molar-refractivity contribution in [2.24, 2.45) is 0 Å². The van der Waals surface area contributed by atoms with Gasteiger partial charge >= 0.3 is 5.69 Å². The predicted molar refractivity (Wildman–Crippen MR) is 59.6 cm³/mol. The molecule has 0 fully saturated rings. The summed E-state index contributed by atoms with van der Waals surface area (Å²) in [5.74, 6) is -0.353. The first-order chi connectivity index (χ1) is 8.13. The van der Waals surface area contributed by atoms with Crippen molar-refractivity contribution in [1.82, 2.24) is 9.78 Å². The summed E-state index contributed by atoms with van der Waals surface area (Å²) in [6, 6.07) is 5.65. The Kier molecular flexibility index (Phi) is 2.86. The van der Waals surface area contributed by atoms with Crippen molar-refractivity contribution >= 4 is 5.69 Å². The molecule has 1 aromatic carbocycles. The summed E-state index contributed by atoms with van der Waals surface area (Å²) in [5, 5.41) is 14.7. The highest BCUT2D eigenvalue weighted by molar-refractivity contribution is 5.41. The fraction of sp³-hybridized carbons (Fsp3) is 0.182. The molecule has 0 spiro atoms. The molecule has 0 radical (unpaired) electrons. The summed E-state index contributed by atoms with van der Waals surface area (Å²) < 4.78 is 14.2. The normalized spacial score (nSPS) is 10.5. The van der Waals surface area contributed by atoms with Crippen LogP contribution >= 0.6 is 0 Å². The molecule has 2 aromatic rings. The first kappa shape index (κ1) is 11.3. The van der Waals surface area contributed by atoms with Gasteiger partial charge in [0, 0.05) is 0 Å². The lowest BCUT2D eigenvalue weighted by Gasteiger charge is -2.04. The van der Waals surface area contributed by atoms with Gasteiger partial charge in [0.05, 0.1) is 10.6 Å². The first-order valence-corrected chi connectivity index (χ1v) is 5.10. The molecule has 0 saturated carbocycles. The van der Waals surface area contributed by atoms with Crippen LogP contribution in [0.15, 0.2) is 30.5 Å². The van der Waals surface area contributed by atoms with Crippen LogP contribution in [0.5, 0.6) is 0 Å². The van der Waals surface area contributed by atoms with Gasteiger partial charge in [-0.2, -0.15) is 5.10 Å². The molecule has 5 nitrogen and oxygen atoms in total. The monoisotopic (exact) mass is 235 g/mol. The second kappa shape index (κ2) is 4.32. The van der Waals surface area contributed by atoms with Gasteiger partial charge in [0.15, 0.2) is 0 Å². The van der Waals surface area contributed by atoms with E-state index in [1.165, 1.54) is 35.1 Å². The van der Waals surface area contributed by atoms with Crippen LogP contribution in [0.25, 0.3) is 5.69 Å². The molecule has 0 aliphatic rings. The molecule has 17 heavy (non-hydrogen) atoms. The molecule has 88 valence electrons. The summed E-state index contributed by atoms with van der Waals surface area (Å²) >= 11 is 0. The Morgan fingerprint density at radius 2 is 2.06 bits per heavy atom. The highest BCUT2D eigenvalue weighted by atomic mass is 19.1. The van der Waals surface area contributed by atoms with Crippen molar-refractivity contribution in [2.45, 2.75) is 13.3 Å². The average molecular weight is 235 g/mol. The van der Waals surface area contributed by atoms with E-state index < -0.39 is 4.92 Å². The van der Waals surface area contributed by atoms with Crippen molar-refractivity contribution < 1.29 is 9.31 Å². The van der Waals surface area contributed by atoms with Crippen LogP contribution in [0.4, 0.5) is 10.1 Å². The largest absolute Gasteiger partial charge is 0.310 e. The Balaban J connectivity index is 2.52. The van der Waals surface area contributed by atoms with Crippen LogP contribution in [-0.4, -0.2) is 14.7 Å². The summed E-state index contributed by atoms with van der Waals surface area (Å²) in [4.78, 5) is 10.3. The standard InChI is InChI=1S/C11H10FN3O2/c1-2-10-11(15(16)17)7-13-14(10)9-5-3-8(12)4-6-9/h3-7H,2H2,1H3. The maximum absolute atomic E-state index is 12.8. The lowest BCUT2D eigenvalue weighted by atomic mass is 10.2. The second-order valence-electron chi connectivity index (χ2n) is 3.48. The van der Waals surface area contributed by atoms with Gasteiger partial charge in [-0.1, -0.05) is 6.92 Å². The van der Waals surface area contributed by atoms with Gasteiger partial charge in [0.25, 0.3) is 0 Å². The number of rotatable bonds is 3. The molecular formula is C11H10FN3O2.